The summed E-state index contributed by atoms with van der Waals surface area (Å²) < 4.78 is 54.3. The van der Waals surface area contributed by atoms with Crippen molar-refractivity contribution < 1.29 is 21.8 Å². The highest BCUT2D eigenvalue weighted by molar-refractivity contribution is 7.92. The smallest absolute Gasteiger partial charge is 0.279 e. The summed E-state index contributed by atoms with van der Waals surface area (Å²) in [5.41, 5.74) is 2.61. The molecule has 0 saturated heterocycles. The normalized spacial score (nSPS) is 16.0. The number of rotatable bonds is 8. The Bertz CT molecular complexity index is 1530. The van der Waals surface area contributed by atoms with E-state index in [9.17, 15) is 26.9 Å². The van der Waals surface area contributed by atoms with E-state index < -0.39 is 31.0 Å². The van der Waals surface area contributed by atoms with E-state index in [-0.39, 0.29) is 22.8 Å². The highest BCUT2D eigenvalue weighted by Gasteiger charge is 2.38. The predicted molar refractivity (Wildman–Crippen MR) is 137 cm³/mol. The Kier molecular flexibility index (Phi) is 6.83. The molecule has 1 heterocycles. The predicted octanol–water partition coefficient (Wildman–Crippen LogP) is 4.20. The molecule has 0 fully saturated rings. The minimum Gasteiger partial charge on any atom is -0.284 e. The Morgan fingerprint density at radius 2 is 1.69 bits per heavy atom. The molecule has 3 aromatic carbocycles. The molecule has 3 aromatic rings. The van der Waals surface area contributed by atoms with Crippen molar-refractivity contribution in [2.24, 2.45) is 5.10 Å². The zero-order valence-electron chi connectivity index (χ0n) is 19.5. The summed E-state index contributed by atoms with van der Waals surface area (Å²) in [5, 5.41) is 15.8. The maximum absolute atomic E-state index is 13.6. The second kappa shape index (κ2) is 9.70. The van der Waals surface area contributed by atoms with E-state index in [1.165, 1.54) is 37.3 Å². The van der Waals surface area contributed by atoms with Gasteiger partial charge in [0, 0.05) is 24.2 Å². The van der Waals surface area contributed by atoms with Crippen LogP contribution in [0.2, 0.25) is 0 Å². The van der Waals surface area contributed by atoms with Crippen molar-refractivity contribution in [1.29, 1.82) is 0 Å². The van der Waals surface area contributed by atoms with Crippen molar-refractivity contribution in [3.8, 4) is 0 Å². The molecule has 4 rings (SSSR count). The minimum absolute atomic E-state index is 0.0536. The summed E-state index contributed by atoms with van der Waals surface area (Å²) in [5.74, 6) is -0.0712. The number of nitrogens with zero attached hydrogens (tertiary/aromatic N) is 3. The first-order valence-electron chi connectivity index (χ1n) is 11.0. The third kappa shape index (κ3) is 5.24. The maximum Gasteiger partial charge on any atom is 0.279 e. The summed E-state index contributed by atoms with van der Waals surface area (Å²) in [6, 6.07) is 17.9. The molecule has 10 nitrogen and oxygen atoms in total. The fraction of sp³-hybridized carbons (Fsp3) is 0.208. The molecule has 0 spiro atoms. The quantitative estimate of drug-likeness (QED) is 0.343. The van der Waals surface area contributed by atoms with Crippen LogP contribution in [0.3, 0.4) is 0 Å². The van der Waals surface area contributed by atoms with Crippen molar-refractivity contribution >= 4 is 37.1 Å². The highest BCUT2D eigenvalue weighted by Crippen LogP contribution is 2.38. The number of sulfonamides is 2. The number of benzene rings is 3. The van der Waals surface area contributed by atoms with Crippen LogP contribution in [0.5, 0.6) is 0 Å². The fourth-order valence-electron chi connectivity index (χ4n) is 3.78. The van der Waals surface area contributed by atoms with Gasteiger partial charge in [-0.25, -0.2) is 8.42 Å². The lowest BCUT2D eigenvalue weighted by Crippen LogP contribution is -2.27. The second-order valence-corrected chi connectivity index (χ2v) is 12.1. The number of nitrogens with one attached hydrogen (secondary N) is 1. The number of hydrogen-bond donors (Lipinski definition) is 1. The van der Waals surface area contributed by atoms with Crippen LogP contribution in [-0.4, -0.2) is 37.6 Å². The maximum atomic E-state index is 13.6. The van der Waals surface area contributed by atoms with Crippen LogP contribution in [0.4, 0.5) is 11.4 Å². The Labute approximate surface area is 209 Å². The van der Waals surface area contributed by atoms with Crippen molar-refractivity contribution in [3.05, 3.63) is 99.6 Å². The Morgan fingerprint density at radius 1 is 1.03 bits per heavy atom. The van der Waals surface area contributed by atoms with E-state index in [1.54, 1.807) is 42.5 Å². The molecule has 1 N–H and O–H groups in total. The Morgan fingerprint density at radius 3 is 2.31 bits per heavy atom. The molecule has 1 atom stereocenters. The SMILES string of the molecule is CCS(=O)(=O)Nc1ccc(C2=NN(S(=O)(=O)c3ccc(C)cc3)C(c3cccc([N+](=O)[O-])c3)C2)cc1. The fourth-order valence-corrected chi connectivity index (χ4v) is 5.85. The van der Waals surface area contributed by atoms with Crippen LogP contribution in [0.15, 0.2) is 82.8 Å². The molecule has 12 heteroatoms. The summed E-state index contributed by atoms with van der Waals surface area (Å²) in [6.45, 7) is 3.37. The van der Waals surface area contributed by atoms with Gasteiger partial charge in [-0.3, -0.25) is 14.8 Å². The van der Waals surface area contributed by atoms with Gasteiger partial charge in [0.2, 0.25) is 10.0 Å². The van der Waals surface area contributed by atoms with Crippen molar-refractivity contribution in [1.82, 2.24) is 4.41 Å². The number of nitro benzene ring substituents is 1. The molecular weight excluding hydrogens is 504 g/mol. The molecule has 36 heavy (non-hydrogen) atoms. The van der Waals surface area contributed by atoms with Crippen LogP contribution in [0, 0.1) is 17.0 Å². The van der Waals surface area contributed by atoms with Gasteiger partial charge >= 0.3 is 0 Å². The second-order valence-electron chi connectivity index (χ2n) is 8.29. The van der Waals surface area contributed by atoms with Gasteiger partial charge in [0.15, 0.2) is 0 Å². The molecule has 188 valence electrons. The summed E-state index contributed by atoms with van der Waals surface area (Å²) >= 11 is 0. The van der Waals surface area contributed by atoms with E-state index in [2.05, 4.69) is 9.82 Å². The summed E-state index contributed by atoms with van der Waals surface area (Å²) in [6.07, 6.45) is 0.173. The number of hydrogen-bond acceptors (Lipinski definition) is 7. The zero-order valence-corrected chi connectivity index (χ0v) is 21.2. The third-order valence-corrected chi connectivity index (χ3v) is 8.78. The highest BCUT2D eigenvalue weighted by atomic mass is 32.2. The van der Waals surface area contributed by atoms with Gasteiger partial charge in [0.25, 0.3) is 15.7 Å². The lowest BCUT2D eigenvalue weighted by Gasteiger charge is -2.23. The first kappa shape index (κ1) is 25.3. The zero-order chi connectivity index (χ0) is 26.1. The van der Waals surface area contributed by atoms with Crippen LogP contribution in [0.1, 0.15) is 36.1 Å². The average Bonchev–Trinajstić information content (AvgIpc) is 3.31. The number of nitro groups is 1. The van der Waals surface area contributed by atoms with Crippen LogP contribution in [-0.2, 0) is 20.0 Å². The van der Waals surface area contributed by atoms with E-state index in [0.29, 0.717) is 22.5 Å². The first-order chi connectivity index (χ1) is 17.0. The topological polar surface area (TPSA) is 139 Å². The molecule has 1 aliphatic heterocycles. The van der Waals surface area contributed by atoms with Gasteiger partial charge in [0.05, 0.1) is 27.3 Å². The van der Waals surface area contributed by atoms with Crippen molar-refractivity contribution in [2.45, 2.75) is 31.2 Å². The van der Waals surface area contributed by atoms with Crippen molar-refractivity contribution in [2.75, 3.05) is 10.5 Å². The van der Waals surface area contributed by atoms with E-state index >= 15 is 0 Å². The lowest BCUT2D eigenvalue weighted by molar-refractivity contribution is -0.384. The van der Waals surface area contributed by atoms with E-state index in [1.807, 2.05) is 6.92 Å². The van der Waals surface area contributed by atoms with Gasteiger partial charge in [-0.15, -0.1) is 0 Å². The van der Waals surface area contributed by atoms with E-state index in [0.717, 1.165) is 9.98 Å². The molecule has 0 saturated carbocycles. The Hall–Kier alpha value is -3.77. The molecule has 1 unspecified atom stereocenters. The first-order valence-corrected chi connectivity index (χ1v) is 14.1. The third-order valence-electron chi connectivity index (χ3n) is 5.78. The molecule has 1 aliphatic rings. The largest absolute Gasteiger partial charge is 0.284 e. The summed E-state index contributed by atoms with van der Waals surface area (Å²) in [7, 11) is -7.52. The van der Waals surface area contributed by atoms with Gasteiger partial charge in [0.1, 0.15) is 0 Å². The molecular formula is C24H24N4O6S2. The number of hydrazone groups is 1. The van der Waals surface area contributed by atoms with Gasteiger partial charge < -0.3 is 0 Å². The van der Waals surface area contributed by atoms with E-state index in [4.69, 9.17) is 0 Å². The molecule has 0 aromatic heterocycles. The van der Waals surface area contributed by atoms with Crippen LogP contribution >= 0.6 is 0 Å². The molecule has 0 radical (unpaired) electrons. The average molecular weight is 529 g/mol. The molecule has 0 bridgehead atoms. The van der Waals surface area contributed by atoms with Crippen LogP contribution < -0.4 is 4.72 Å². The number of aryl methyl sites for hydroxylation is 1. The number of non-ortho nitro benzene ring substituents is 1. The number of anilines is 1. The standard InChI is InChI=1S/C24H24N4O6S2/c1-3-35(31,32)26-20-11-9-18(10-12-20)23-16-24(19-5-4-6-21(15-19)28(29)30)27(25-23)36(33,34)22-13-7-17(2)8-14-22/h4-15,24,26H,3,16H2,1-2H3. The molecule has 0 aliphatic carbocycles. The van der Waals surface area contributed by atoms with Crippen LogP contribution in [0.25, 0.3) is 0 Å². The monoisotopic (exact) mass is 528 g/mol. The molecule has 0 amide bonds. The Balaban J connectivity index is 1.74. The minimum atomic E-state index is -4.08. The van der Waals surface area contributed by atoms with Gasteiger partial charge in [-0.1, -0.05) is 42.0 Å². The van der Waals surface area contributed by atoms with Gasteiger partial charge in [-0.05, 0) is 49.2 Å². The van der Waals surface area contributed by atoms with Gasteiger partial charge in [-0.2, -0.15) is 17.9 Å². The lowest BCUT2D eigenvalue weighted by atomic mass is 9.99. The summed E-state index contributed by atoms with van der Waals surface area (Å²) in [4.78, 5) is 10.9. The van der Waals surface area contributed by atoms with Crippen molar-refractivity contribution in [3.63, 3.8) is 0 Å².